The van der Waals surface area contributed by atoms with E-state index in [1.54, 1.807) is 0 Å². The first-order chi connectivity index (χ1) is 9.97. The van der Waals surface area contributed by atoms with Crippen molar-refractivity contribution < 1.29 is 14.7 Å². The first kappa shape index (κ1) is 17.6. The molecule has 5 heteroatoms. The van der Waals surface area contributed by atoms with E-state index < -0.39 is 5.97 Å². The molecule has 1 aromatic carbocycles. The zero-order valence-electron chi connectivity index (χ0n) is 12.5. The molecule has 4 nitrogen and oxygen atoms in total. The van der Waals surface area contributed by atoms with Crippen molar-refractivity contribution in [1.82, 2.24) is 5.32 Å². The molecule has 0 aromatic heterocycles. The lowest BCUT2D eigenvalue weighted by atomic mass is 9.94. The Hall–Kier alpha value is -1.49. The molecule has 0 unspecified atom stereocenters. The zero-order valence-corrected chi connectivity index (χ0v) is 13.4. The minimum Gasteiger partial charge on any atom is -0.481 e. The molecular weight excluding hydrogens is 286 g/mol. The number of carboxylic acid groups (broad SMARTS) is 1. The highest BCUT2D eigenvalue weighted by molar-refractivity contribution is 8.00. The van der Waals surface area contributed by atoms with E-state index in [0.29, 0.717) is 18.2 Å². The van der Waals surface area contributed by atoms with Crippen molar-refractivity contribution in [2.24, 2.45) is 11.8 Å². The summed E-state index contributed by atoms with van der Waals surface area (Å²) in [5.74, 6) is -0.0967. The van der Waals surface area contributed by atoms with Crippen molar-refractivity contribution in [2.75, 3.05) is 12.3 Å². The molecule has 0 saturated heterocycles. The first-order valence-electron chi connectivity index (χ1n) is 7.13. The molecule has 0 bridgehead atoms. The van der Waals surface area contributed by atoms with Crippen molar-refractivity contribution in [3.8, 4) is 0 Å². The van der Waals surface area contributed by atoms with Gasteiger partial charge in [-0.2, -0.15) is 0 Å². The van der Waals surface area contributed by atoms with Gasteiger partial charge < -0.3 is 10.4 Å². The number of hydrogen-bond donors (Lipinski definition) is 2. The summed E-state index contributed by atoms with van der Waals surface area (Å²) in [6, 6.07) is 9.73. The van der Waals surface area contributed by atoms with Crippen LogP contribution < -0.4 is 5.32 Å². The Balaban J connectivity index is 2.33. The lowest BCUT2D eigenvalue weighted by Crippen LogP contribution is -2.32. The molecule has 0 aliphatic rings. The summed E-state index contributed by atoms with van der Waals surface area (Å²) < 4.78 is 0. The molecule has 116 valence electrons. The Morgan fingerprint density at radius 1 is 1.24 bits per heavy atom. The van der Waals surface area contributed by atoms with E-state index >= 15 is 0 Å². The molecule has 1 aromatic rings. The van der Waals surface area contributed by atoms with E-state index in [2.05, 4.69) is 19.2 Å². The summed E-state index contributed by atoms with van der Waals surface area (Å²) in [5.41, 5.74) is 0. The third-order valence-corrected chi connectivity index (χ3v) is 3.98. The summed E-state index contributed by atoms with van der Waals surface area (Å²) in [6.07, 6.45) is 0.905. The molecule has 1 amide bonds. The van der Waals surface area contributed by atoms with Crippen LogP contribution in [0.5, 0.6) is 0 Å². The highest BCUT2D eigenvalue weighted by atomic mass is 32.2. The molecule has 1 atom stereocenters. The van der Waals surface area contributed by atoms with E-state index in [0.717, 1.165) is 11.3 Å². The molecule has 21 heavy (non-hydrogen) atoms. The van der Waals surface area contributed by atoms with Gasteiger partial charge in [-0.25, -0.2) is 0 Å². The highest BCUT2D eigenvalue weighted by Gasteiger charge is 2.16. The highest BCUT2D eigenvalue weighted by Crippen LogP contribution is 2.17. The number of rotatable bonds is 9. The smallest absolute Gasteiger partial charge is 0.303 e. The average Bonchev–Trinajstić information content (AvgIpc) is 2.42. The maximum absolute atomic E-state index is 11.8. The molecule has 0 fully saturated rings. The number of nitrogens with one attached hydrogen (secondary N) is 1. The number of carboxylic acids is 1. The van der Waals surface area contributed by atoms with Crippen molar-refractivity contribution in [2.45, 2.75) is 31.6 Å². The van der Waals surface area contributed by atoms with Gasteiger partial charge in [0.25, 0.3) is 0 Å². The van der Waals surface area contributed by atoms with Crippen LogP contribution in [0.15, 0.2) is 35.2 Å². The van der Waals surface area contributed by atoms with E-state index in [1.807, 2.05) is 30.3 Å². The van der Waals surface area contributed by atoms with Crippen LogP contribution in [0.3, 0.4) is 0 Å². The molecule has 0 aliphatic carbocycles. The van der Waals surface area contributed by atoms with Crippen molar-refractivity contribution in [1.29, 1.82) is 0 Å². The van der Waals surface area contributed by atoms with Crippen LogP contribution in [0.1, 0.15) is 26.7 Å². The van der Waals surface area contributed by atoms with Crippen LogP contribution in [0.25, 0.3) is 0 Å². The van der Waals surface area contributed by atoms with E-state index in [9.17, 15) is 9.59 Å². The van der Waals surface area contributed by atoms with Gasteiger partial charge in [0, 0.05) is 17.9 Å². The lowest BCUT2D eigenvalue weighted by Gasteiger charge is -2.17. The summed E-state index contributed by atoms with van der Waals surface area (Å²) in [5, 5.41) is 11.7. The van der Waals surface area contributed by atoms with Crippen LogP contribution in [-0.2, 0) is 9.59 Å². The van der Waals surface area contributed by atoms with Gasteiger partial charge in [-0.3, -0.25) is 9.59 Å². The second kappa shape index (κ2) is 9.45. The quantitative estimate of drug-likeness (QED) is 0.688. The first-order valence-corrected chi connectivity index (χ1v) is 8.12. The molecule has 0 radical (unpaired) electrons. The standard InChI is InChI=1S/C16H23NO3S/c1-12(2)8-13(9-16(19)20)10-17-15(18)11-21-14-6-4-3-5-7-14/h3-7,12-13H,8-11H2,1-2H3,(H,17,18)(H,19,20)/t13-/m0/s1. The van der Waals surface area contributed by atoms with Gasteiger partial charge in [0.1, 0.15) is 0 Å². The van der Waals surface area contributed by atoms with Gasteiger partial charge in [0.15, 0.2) is 0 Å². The van der Waals surface area contributed by atoms with Gasteiger partial charge in [-0.05, 0) is 30.4 Å². The number of carbonyl (C=O) groups is 2. The SMILES string of the molecule is CC(C)C[C@H](CNC(=O)CSc1ccccc1)CC(=O)O. The number of amides is 1. The maximum Gasteiger partial charge on any atom is 0.303 e. The number of thioether (sulfide) groups is 1. The van der Waals surface area contributed by atoms with E-state index in [-0.39, 0.29) is 18.2 Å². The summed E-state index contributed by atoms with van der Waals surface area (Å²) in [7, 11) is 0. The fourth-order valence-electron chi connectivity index (χ4n) is 2.13. The Bertz CT molecular complexity index is 448. The van der Waals surface area contributed by atoms with Crippen molar-refractivity contribution >= 4 is 23.6 Å². The van der Waals surface area contributed by atoms with Gasteiger partial charge in [0.05, 0.1) is 5.75 Å². The Labute approximate surface area is 130 Å². The summed E-state index contributed by atoms with van der Waals surface area (Å²) in [4.78, 5) is 23.7. The van der Waals surface area contributed by atoms with Crippen LogP contribution in [-0.4, -0.2) is 29.3 Å². The second-order valence-electron chi connectivity index (χ2n) is 5.50. The van der Waals surface area contributed by atoms with Crippen molar-refractivity contribution in [3.05, 3.63) is 30.3 Å². The predicted octanol–water partition coefficient (Wildman–Crippen LogP) is 3.03. The zero-order chi connectivity index (χ0) is 15.7. The second-order valence-corrected chi connectivity index (χ2v) is 6.55. The lowest BCUT2D eigenvalue weighted by molar-refractivity contribution is -0.138. The molecule has 2 N–H and O–H groups in total. The Morgan fingerprint density at radius 2 is 1.90 bits per heavy atom. The van der Waals surface area contributed by atoms with Crippen LogP contribution in [0, 0.1) is 11.8 Å². The third kappa shape index (κ3) is 8.40. The maximum atomic E-state index is 11.8. The van der Waals surface area contributed by atoms with Crippen LogP contribution >= 0.6 is 11.8 Å². The molecule has 1 rings (SSSR count). The molecule has 0 spiro atoms. The van der Waals surface area contributed by atoms with Crippen LogP contribution in [0.2, 0.25) is 0 Å². The van der Waals surface area contributed by atoms with Gasteiger partial charge in [-0.1, -0.05) is 32.0 Å². The van der Waals surface area contributed by atoms with Gasteiger partial charge >= 0.3 is 5.97 Å². The number of carbonyl (C=O) groups excluding carboxylic acids is 1. The monoisotopic (exact) mass is 309 g/mol. The number of benzene rings is 1. The number of aliphatic carboxylic acids is 1. The Kier molecular flexibility index (Phi) is 7.90. The molecular formula is C16H23NO3S. The molecule has 0 aliphatic heterocycles. The summed E-state index contributed by atoms with van der Waals surface area (Å²) in [6.45, 7) is 4.54. The average molecular weight is 309 g/mol. The fraction of sp³-hybridized carbons (Fsp3) is 0.500. The van der Waals surface area contributed by atoms with E-state index in [4.69, 9.17) is 5.11 Å². The van der Waals surface area contributed by atoms with Gasteiger partial charge in [0.2, 0.25) is 5.91 Å². The number of hydrogen-bond acceptors (Lipinski definition) is 3. The van der Waals surface area contributed by atoms with Crippen LogP contribution in [0.4, 0.5) is 0 Å². The minimum absolute atomic E-state index is 0.00632. The normalized spacial score (nSPS) is 12.1. The largest absolute Gasteiger partial charge is 0.481 e. The minimum atomic E-state index is -0.812. The Morgan fingerprint density at radius 3 is 2.48 bits per heavy atom. The van der Waals surface area contributed by atoms with Crippen molar-refractivity contribution in [3.63, 3.8) is 0 Å². The predicted molar refractivity (Wildman–Crippen MR) is 85.4 cm³/mol. The van der Waals surface area contributed by atoms with E-state index in [1.165, 1.54) is 11.8 Å². The van der Waals surface area contributed by atoms with Gasteiger partial charge in [-0.15, -0.1) is 11.8 Å². The molecule has 0 heterocycles. The third-order valence-electron chi connectivity index (χ3n) is 2.97. The topological polar surface area (TPSA) is 66.4 Å². The summed E-state index contributed by atoms with van der Waals surface area (Å²) >= 11 is 1.48. The fourth-order valence-corrected chi connectivity index (χ4v) is 2.88. The molecule has 0 saturated carbocycles.